The molecule has 0 saturated carbocycles. The van der Waals surface area contributed by atoms with Crippen LogP contribution in [-0.2, 0) is 4.79 Å². The number of nitrogens with one attached hydrogen (secondary N) is 2. The first kappa shape index (κ1) is 17.9. The van der Waals surface area contributed by atoms with E-state index in [9.17, 15) is 9.59 Å². The van der Waals surface area contributed by atoms with E-state index < -0.39 is 11.8 Å². The molecule has 1 aromatic heterocycles. The number of fused-ring (bicyclic) bond motifs is 1. The molecule has 3 aromatic rings. The molecular weight excluding hydrogens is 372 g/mol. The minimum atomic E-state index is -0.727. The van der Waals surface area contributed by atoms with Crippen molar-refractivity contribution in [3.63, 3.8) is 0 Å². The van der Waals surface area contributed by atoms with Gasteiger partial charge in [0.1, 0.15) is 5.00 Å². The summed E-state index contributed by atoms with van der Waals surface area (Å²) in [7, 11) is 0. The Hall–Kier alpha value is -2.90. The van der Waals surface area contributed by atoms with Crippen LogP contribution in [0, 0.1) is 0 Å². The summed E-state index contributed by atoms with van der Waals surface area (Å²) in [5.74, 6) is -1.18. The summed E-state index contributed by atoms with van der Waals surface area (Å²) in [6, 6.07) is 13.8. The molecule has 0 atom stereocenters. The van der Waals surface area contributed by atoms with Gasteiger partial charge in [-0.3, -0.25) is 9.59 Å². The van der Waals surface area contributed by atoms with Gasteiger partial charge < -0.3 is 16.4 Å². The Kier molecular flexibility index (Phi) is 5.20. The number of anilines is 3. The molecule has 2 amide bonds. The summed E-state index contributed by atoms with van der Waals surface area (Å²) in [6.07, 6.45) is 1.21. The van der Waals surface area contributed by atoms with Crippen molar-refractivity contribution in [2.75, 3.05) is 10.6 Å². The Labute approximate surface area is 158 Å². The monoisotopic (exact) mass is 386 g/mol. The van der Waals surface area contributed by atoms with Gasteiger partial charge in [0.05, 0.1) is 0 Å². The molecular formula is C18H15ClN4O2S. The van der Waals surface area contributed by atoms with Gasteiger partial charge >= 0.3 is 0 Å². The Morgan fingerprint density at radius 3 is 2.62 bits per heavy atom. The van der Waals surface area contributed by atoms with E-state index in [1.807, 2.05) is 42.5 Å². The molecule has 0 spiro atoms. The summed E-state index contributed by atoms with van der Waals surface area (Å²) in [6.45, 7) is 1.58. The summed E-state index contributed by atoms with van der Waals surface area (Å²) >= 11 is 6.80. The van der Waals surface area contributed by atoms with Crippen LogP contribution >= 0.6 is 22.9 Å². The zero-order valence-electron chi connectivity index (χ0n) is 13.7. The average molecular weight is 387 g/mol. The van der Waals surface area contributed by atoms with Crippen molar-refractivity contribution in [3.8, 4) is 0 Å². The number of nitrogens with two attached hydrogens (primary N) is 1. The number of primary amides is 1. The number of hydrogen-bond donors (Lipinski definition) is 3. The molecule has 3 rings (SSSR count). The summed E-state index contributed by atoms with van der Waals surface area (Å²) in [5, 5.41) is 8.92. The lowest BCUT2D eigenvalue weighted by Crippen LogP contribution is -2.16. The second-order valence-electron chi connectivity index (χ2n) is 5.47. The number of nitrogens with zero attached hydrogens (tertiary/aromatic N) is 1. The smallest absolute Gasteiger partial charge is 0.270 e. The van der Waals surface area contributed by atoms with Crippen LogP contribution in [0.1, 0.15) is 17.4 Å². The molecule has 0 radical (unpaired) electrons. The summed E-state index contributed by atoms with van der Waals surface area (Å²) in [5.41, 5.74) is 6.16. The number of carbonyl (C=O) groups is 2. The van der Waals surface area contributed by atoms with E-state index in [1.165, 1.54) is 6.08 Å². The van der Waals surface area contributed by atoms with E-state index in [4.69, 9.17) is 17.3 Å². The Bertz CT molecular complexity index is 1020. The molecule has 6 nitrogen and oxygen atoms in total. The van der Waals surface area contributed by atoms with Crippen LogP contribution in [0.4, 0.5) is 15.8 Å². The number of amides is 2. The van der Waals surface area contributed by atoms with E-state index in [0.29, 0.717) is 10.2 Å². The highest BCUT2D eigenvalue weighted by Crippen LogP contribution is 2.31. The van der Waals surface area contributed by atoms with Crippen molar-refractivity contribution in [2.45, 2.75) is 6.92 Å². The van der Waals surface area contributed by atoms with Gasteiger partial charge in [-0.1, -0.05) is 53.3 Å². The number of carbonyl (C=O) groups excluding carboxylic acids is 2. The maximum atomic E-state index is 11.8. The van der Waals surface area contributed by atoms with Crippen molar-refractivity contribution >= 4 is 61.3 Å². The molecule has 0 saturated heterocycles. The summed E-state index contributed by atoms with van der Waals surface area (Å²) in [4.78, 5) is 27.6. The number of aromatic nitrogens is 1. The van der Waals surface area contributed by atoms with Crippen LogP contribution in [0.3, 0.4) is 0 Å². The predicted octanol–water partition coefficient (Wildman–Crippen LogP) is 4.22. The van der Waals surface area contributed by atoms with Crippen molar-refractivity contribution in [1.29, 1.82) is 0 Å². The minimum Gasteiger partial charge on any atom is -0.364 e. The number of thiazole rings is 1. The molecule has 8 heteroatoms. The average Bonchev–Trinajstić information content (AvgIpc) is 2.96. The van der Waals surface area contributed by atoms with E-state index in [1.54, 1.807) is 6.92 Å². The maximum Gasteiger partial charge on any atom is 0.270 e. The second-order valence-corrected chi connectivity index (χ2v) is 7.06. The Balaban J connectivity index is 1.87. The Morgan fingerprint density at radius 1 is 1.19 bits per heavy atom. The van der Waals surface area contributed by atoms with Crippen molar-refractivity contribution in [2.24, 2.45) is 5.73 Å². The van der Waals surface area contributed by atoms with Crippen LogP contribution in [0.25, 0.3) is 10.8 Å². The third-order valence-electron chi connectivity index (χ3n) is 3.43. The van der Waals surface area contributed by atoms with Gasteiger partial charge in [0, 0.05) is 16.8 Å². The highest BCUT2D eigenvalue weighted by atomic mass is 35.5. The lowest BCUT2D eigenvalue weighted by atomic mass is 10.1. The first-order chi connectivity index (χ1) is 12.4. The fourth-order valence-electron chi connectivity index (χ4n) is 2.34. The van der Waals surface area contributed by atoms with Gasteiger partial charge in [-0.15, -0.1) is 0 Å². The van der Waals surface area contributed by atoms with Gasteiger partial charge in [-0.05, 0) is 29.8 Å². The molecule has 132 valence electrons. The predicted molar refractivity (Wildman–Crippen MR) is 106 cm³/mol. The fourth-order valence-corrected chi connectivity index (χ4v) is 3.34. The van der Waals surface area contributed by atoms with Gasteiger partial charge in [-0.25, -0.2) is 4.98 Å². The van der Waals surface area contributed by atoms with Gasteiger partial charge in [0.15, 0.2) is 10.8 Å². The standard InChI is InChI=1S/C18H15ClN4O2S/c1-10(19)8-14(24)22-17-15(16(20)25)23-18(26-17)21-13-7-6-11-4-2-3-5-12(11)9-13/h2-9H,1H3,(H2,20,25)(H,21,23)(H,22,24). The van der Waals surface area contributed by atoms with Crippen LogP contribution < -0.4 is 16.4 Å². The molecule has 4 N–H and O–H groups in total. The number of hydrogen-bond acceptors (Lipinski definition) is 5. The number of allylic oxidation sites excluding steroid dienone is 1. The highest BCUT2D eigenvalue weighted by Gasteiger charge is 2.17. The zero-order valence-corrected chi connectivity index (χ0v) is 15.3. The zero-order chi connectivity index (χ0) is 18.7. The molecule has 0 unspecified atom stereocenters. The quantitative estimate of drug-likeness (QED) is 0.572. The van der Waals surface area contributed by atoms with Crippen LogP contribution in [0.15, 0.2) is 53.6 Å². The SMILES string of the molecule is CC(Cl)=CC(=O)Nc1sc(Nc2ccc3ccccc3c2)nc1C(N)=O. The van der Waals surface area contributed by atoms with E-state index >= 15 is 0 Å². The van der Waals surface area contributed by atoms with Crippen LogP contribution in [0.2, 0.25) is 0 Å². The van der Waals surface area contributed by atoms with Crippen molar-refractivity contribution in [1.82, 2.24) is 4.98 Å². The topological polar surface area (TPSA) is 97.1 Å². The van der Waals surface area contributed by atoms with Crippen molar-refractivity contribution < 1.29 is 9.59 Å². The van der Waals surface area contributed by atoms with Crippen molar-refractivity contribution in [3.05, 3.63) is 59.3 Å². The van der Waals surface area contributed by atoms with E-state index in [2.05, 4.69) is 15.6 Å². The third-order valence-corrected chi connectivity index (χ3v) is 4.42. The Morgan fingerprint density at radius 2 is 1.92 bits per heavy atom. The van der Waals surface area contributed by atoms with Gasteiger partial charge in [0.2, 0.25) is 5.91 Å². The van der Waals surface area contributed by atoms with Gasteiger partial charge in [-0.2, -0.15) is 0 Å². The largest absolute Gasteiger partial charge is 0.364 e. The highest BCUT2D eigenvalue weighted by molar-refractivity contribution is 7.20. The minimum absolute atomic E-state index is 0.00716. The molecule has 0 fully saturated rings. The molecule has 0 aliphatic heterocycles. The number of benzene rings is 2. The maximum absolute atomic E-state index is 11.8. The van der Waals surface area contributed by atoms with Crippen LogP contribution in [-0.4, -0.2) is 16.8 Å². The molecule has 0 aliphatic carbocycles. The number of rotatable bonds is 5. The first-order valence-corrected chi connectivity index (χ1v) is 8.83. The third kappa shape index (κ3) is 4.19. The molecule has 1 heterocycles. The lowest BCUT2D eigenvalue weighted by Gasteiger charge is -2.04. The second kappa shape index (κ2) is 7.55. The van der Waals surface area contributed by atoms with E-state index in [-0.39, 0.29) is 10.7 Å². The fraction of sp³-hybridized carbons (Fsp3) is 0.0556. The molecule has 26 heavy (non-hydrogen) atoms. The molecule has 2 aromatic carbocycles. The van der Waals surface area contributed by atoms with E-state index in [0.717, 1.165) is 27.8 Å². The molecule has 0 aliphatic rings. The van der Waals surface area contributed by atoms with Gasteiger partial charge in [0.25, 0.3) is 5.91 Å². The lowest BCUT2D eigenvalue weighted by molar-refractivity contribution is -0.111. The summed E-state index contributed by atoms with van der Waals surface area (Å²) < 4.78 is 0. The molecule has 0 bridgehead atoms. The first-order valence-electron chi connectivity index (χ1n) is 7.63. The normalized spacial score (nSPS) is 11.4. The number of halogens is 1. The van der Waals surface area contributed by atoms with Crippen LogP contribution in [0.5, 0.6) is 0 Å².